The zero-order valence-electron chi connectivity index (χ0n) is 12.2. The summed E-state index contributed by atoms with van der Waals surface area (Å²) in [5.74, 6) is -0.554. The van der Waals surface area contributed by atoms with Crippen LogP contribution in [-0.4, -0.2) is 20.6 Å². The van der Waals surface area contributed by atoms with Gasteiger partial charge in [-0.05, 0) is 11.6 Å². The molecule has 0 fully saturated rings. The van der Waals surface area contributed by atoms with Gasteiger partial charge in [-0.25, -0.2) is 4.79 Å². The van der Waals surface area contributed by atoms with Gasteiger partial charge < -0.3 is 14.8 Å². The van der Waals surface area contributed by atoms with E-state index in [-0.39, 0.29) is 17.9 Å². The molecule has 0 aliphatic carbocycles. The van der Waals surface area contributed by atoms with Crippen LogP contribution in [0.2, 0.25) is 5.02 Å². The molecule has 0 aliphatic heterocycles. The number of hydrogen-bond donors (Lipinski definition) is 2. The van der Waals surface area contributed by atoms with Gasteiger partial charge in [-0.1, -0.05) is 35.0 Å². The summed E-state index contributed by atoms with van der Waals surface area (Å²) in [5.41, 5.74) is -1.02. The van der Waals surface area contributed by atoms with E-state index in [1.807, 2.05) is 0 Å². The van der Waals surface area contributed by atoms with E-state index in [1.165, 1.54) is 12.3 Å². The number of H-pyrrole nitrogens is 1. The molecular weight excluding hydrogens is 336 g/mol. The van der Waals surface area contributed by atoms with Crippen molar-refractivity contribution >= 4 is 23.3 Å². The van der Waals surface area contributed by atoms with Crippen molar-refractivity contribution in [2.24, 2.45) is 0 Å². The first-order chi connectivity index (χ1) is 11.6. The van der Waals surface area contributed by atoms with E-state index in [9.17, 15) is 14.4 Å². The van der Waals surface area contributed by atoms with Gasteiger partial charge in [0.1, 0.15) is 11.8 Å². The van der Waals surface area contributed by atoms with Gasteiger partial charge in [-0.15, -0.1) is 0 Å². The minimum Gasteiger partial charge on any atom is -0.363 e. The summed E-state index contributed by atoms with van der Waals surface area (Å²) in [6, 6.07) is 8.24. The number of amides is 1. The molecule has 9 heteroatoms. The maximum Gasteiger partial charge on any atom is 0.328 e. The first-order valence-electron chi connectivity index (χ1n) is 6.84. The van der Waals surface area contributed by atoms with Gasteiger partial charge >= 0.3 is 5.69 Å². The predicted molar refractivity (Wildman–Crippen MR) is 86.3 cm³/mol. The van der Waals surface area contributed by atoms with Crippen molar-refractivity contribution in [3.63, 3.8) is 0 Å². The monoisotopic (exact) mass is 346 g/mol. The van der Waals surface area contributed by atoms with E-state index in [0.29, 0.717) is 10.6 Å². The Labute approximate surface area is 139 Å². The van der Waals surface area contributed by atoms with Gasteiger partial charge in [0.15, 0.2) is 5.82 Å². The van der Waals surface area contributed by atoms with Gasteiger partial charge in [0.05, 0.1) is 6.54 Å². The Hall–Kier alpha value is -3.13. The van der Waals surface area contributed by atoms with Crippen LogP contribution in [0.4, 0.5) is 5.82 Å². The molecule has 3 rings (SSSR count). The number of aromatic amines is 1. The lowest BCUT2D eigenvalue weighted by atomic mass is 10.2. The fourth-order valence-electron chi connectivity index (χ4n) is 2.08. The quantitative estimate of drug-likeness (QED) is 0.743. The number of hydrogen-bond acceptors (Lipinski definition) is 5. The van der Waals surface area contributed by atoms with Crippen LogP contribution in [0.3, 0.4) is 0 Å². The molecule has 122 valence electrons. The van der Waals surface area contributed by atoms with Gasteiger partial charge in [0.2, 0.25) is 0 Å². The van der Waals surface area contributed by atoms with Crippen molar-refractivity contribution < 1.29 is 9.32 Å². The zero-order valence-corrected chi connectivity index (χ0v) is 12.9. The Morgan fingerprint density at radius 3 is 2.79 bits per heavy atom. The Balaban J connectivity index is 1.96. The van der Waals surface area contributed by atoms with E-state index in [0.717, 1.165) is 10.8 Å². The maximum absolute atomic E-state index is 12.5. The summed E-state index contributed by atoms with van der Waals surface area (Å²) >= 11 is 6.05. The van der Waals surface area contributed by atoms with E-state index in [2.05, 4.69) is 20.0 Å². The molecule has 0 saturated carbocycles. The van der Waals surface area contributed by atoms with Crippen LogP contribution in [0.25, 0.3) is 0 Å². The van der Waals surface area contributed by atoms with E-state index in [1.54, 1.807) is 24.3 Å². The largest absolute Gasteiger partial charge is 0.363 e. The molecule has 0 bridgehead atoms. The van der Waals surface area contributed by atoms with Crippen molar-refractivity contribution in [2.75, 3.05) is 5.32 Å². The topological polar surface area (TPSA) is 110 Å². The zero-order chi connectivity index (χ0) is 17.1. The van der Waals surface area contributed by atoms with Crippen LogP contribution >= 0.6 is 11.6 Å². The summed E-state index contributed by atoms with van der Waals surface area (Å²) in [4.78, 5) is 39.0. The van der Waals surface area contributed by atoms with Crippen LogP contribution in [0.15, 0.2) is 56.9 Å². The molecule has 24 heavy (non-hydrogen) atoms. The molecule has 2 aromatic heterocycles. The van der Waals surface area contributed by atoms with E-state index >= 15 is 0 Å². The molecule has 0 atom stereocenters. The summed E-state index contributed by atoms with van der Waals surface area (Å²) < 4.78 is 5.50. The smallest absolute Gasteiger partial charge is 0.328 e. The number of nitrogens with one attached hydrogen (secondary N) is 2. The number of rotatable bonds is 4. The molecule has 2 N–H and O–H groups in total. The van der Waals surface area contributed by atoms with Crippen molar-refractivity contribution in [3.8, 4) is 0 Å². The second-order valence-corrected chi connectivity index (χ2v) is 5.24. The molecule has 0 radical (unpaired) electrons. The van der Waals surface area contributed by atoms with Gasteiger partial charge in [-0.2, -0.15) is 0 Å². The Morgan fingerprint density at radius 1 is 1.29 bits per heavy atom. The Bertz CT molecular complexity index is 991. The molecule has 0 aliphatic rings. The predicted octanol–water partition coefficient (Wildman–Crippen LogP) is 1.48. The summed E-state index contributed by atoms with van der Waals surface area (Å²) in [6.07, 6.45) is 2.33. The first kappa shape index (κ1) is 15.8. The van der Waals surface area contributed by atoms with Crippen LogP contribution < -0.4 is 16.6 Å². The van der Waals surface area contributed by atoms with E-state index < -0.39 is 17.2 Å². The highest BCUT2D eigenvalue weighted by Gasteiger charge is 2.16. The number of benzene rings is 1. The fraction of sp³-hybridized carbons (Fsp3) is 0.0667. The normalized spacial score (nSPS) is 10.5. The van der Waals surface area contributed by atoms with Crippen molar-refractivity contribution in [2.45, 2.75) is 6.54 Å². The van der Waals surface area contributed by atoms with Gasteiger partial charge in [0, 0.05) is 17.3 Å². The number of carbonyl (C=O) groups excluding carboxylic acids is 1. The highest BCUT2D eigenvalue weighted by atomic mass is 35.5. The first-order valence-corrected chi connectivity index (χ1v) is 7.21. The minimum atomic E-state index is -0.736. The van der Waals surface area contributed by atoms with Crippen molar-refractivity contribution in [1.29, 1.82) is 0 Å². The highest BCUT2D eigenvalue weighted by molar-refractivity contribution is 6.31. The lowest BCUT2D eigenvalue weighted by Crippen LogP contribution is -2.39. The average molecular weight is 347 g/mol. The fourth-order valence-corrected chi connectivity index (χ4v) is 2.27. The SMILES string of the molecule is O=C(Nc1ccon1)c1c[nH]c(=O)n(Cc2ccccc2Cl)c1=O. The Morgan fingerprint density at radius 2 is 2.08 bits per heavy atom. The third kappa shape index (κ3) is 3.13. The minimum absolute atomic E-state index is 0.0566. The van der Waals surface area contributed by atoms with Crippen LogP contribution in [-0.2, 0) is 6.54 Å². The molecule has 3 aromatic rings. The number of halogens is 1. The summed E-state index contributed by atoms with van der Waals surface area (Å²) in [7, 11) is 0. The number of aromatic nitrogens is 3. The molecule has 0 unspecified atom stereocenters. The lowest BCUT2D eigenvalue weighted by Gasteiger charge is -2.08. The highest BCUT2D eigenvalue weighted by Crippen LogP contribution is 2.15. The molecule has 1 aromatic carbocycles. The number of carbonyl (C=O) groups is 1. The van der Waals surface area contributed by atoms with Crippen molar-refractivity contribution in [3.05, 3.63) is 79.8 Å². The third-order valence-electron chi connectivity index (χ3n) is 3.27. The standard InChI is InChI=1S/C15H11ClN4O4/c16-11-4-2-1-3-9(11)8-20-14(22)10(7-17-15(20)23)13(21)18-12-5-6-24-19-12/h1-7H,8H2,(H,17,23)(H,18,19,21). The van der Waals surface area contributed by atoms with Crippen LogP contribution in [0.5, 0.6) is 0 Å². The molecule has 1 amide bonds. The van der Waals surface area contributed by atoms with Gasteiger partial charge in [-0.3, -0.25) is 14.2 Å². The lowest BCUT2D eigenvalue weighted by molar-refractivity contribution is 0.102. The second kappa shape index (κ2) is 6.55. The molecule has 2 heterocycles. The number of nitrogens with zero attached hydrogens (tertiary/aromatic N) is 2. The average Bonchev–Trinajstić information content (AvgIpc) is 3.06. The van der Waals surface area contributed by atoms with E-state index in [4.69, 9.17) is 11.6 Å². The summed E-state index contributed by atoms with van der Waals surface area (Å²) in [6.45, 7) is -0.0566. The van der Waals surface area contributed by atoms with Gasteiger partial charge in [0.25, 0.3) is 11.5 Å². The third-order valence-corrected chi connectivity index (χ3v) is 3.64. The maximum atomic E-state index is 12.5. The second-order valence-electron chi connectivity index (χ2n) is 4.83. The van der Waals surface area contributed by atoms with Crippen molar-refractivity contribution in [1.82, 2.24) is 14.7 Å². The van der Waals surface area contributed by atoms with Crippen LogP contribution in [0, 0.1) is 0 Å². The molecule has 0 saturated heterocycles. The summed E-state index contributed by atoms with van der Waals surface area (Å²) in [5, 5.41) is 6.34. The van der Waals surface area contributed by atoms with Crippen LogP contribution in [0.1, 0.15) is 15.9 Å². The Kier molecular flexibility index (Phi) is 4.30. The molecule has 8 nitrogen and oxygen atoms in total. The molecular formula is C15H11ClN4O4. The number of anilines is 1. The molecule has 0 spiro atoms.